The molecule has 6 heterocycles. The van der Waals surface area contributed by atoms with Gasteiger partial charge in [0.25, 0.3) is 0 Å². The van der Waals surface area contributed by atoms with Crippen molar-refractivity contribution in [3.63, 3.8) is 0 Å². The normalized spacial score (nSPS) is 13.6. The Balaban J connectivity index is 0.745. The molecule has 2 aliphatic heterocycles. The fourth-order valence-electron chi connectivity index (χ4n) is 15.1. The zero-order chi connectivity index (χ0) is 59.8. The fourth-order valence-corrected chi connectivity index (χ4v) is 15.1. The summed E-state index contributed by atoms with van der Waals surface area (Å²) in [5, 5.41) is 9.65. The second-order valence-corrected chi connectivity index (χ2v) is 23.6. The van der Waals surface area contributed by atoms with Crippen molar-refractivity contribution in [3.8, 4) is 124 Å². The zero-order valence-electron chi connectivity index (χ0n) is 48.6. The molecule has 4 aliphatic rings. The Bertz CT molecular complexity index is 5420. The van der Waals surface area contributed by atoms with Crippen LogP contribution in [-0.2, 0) is 10.8 Å². The van der Waals surface area contributed by atoms with Gasteiger partial charge in [-0.25, -0.2) is 9.97 Å². The van der Waals surface area contributed by atoms with Crippen LogP contribution < -0.4 is 9.47 Å². The van der Waals surface area contributed by atoms with Gasteiger partial charge in [0.15, 0.2) is 5.82 Å². The Kier molecular flexibility index (Phi) is 11.0. The summed E-state index contributed by atoms with van der Waals surface area (Å²) in [5.41, 5.74) is 22.6. The quantitative estimate of drug-likeness (QED) is 0.154. The standard InChI is InChI=1S/C82H48N6O3/c1-3-20-49(21-4-1)74-61-46-51(40-44-71(61)85-78(86-74)60-30-19-45-83-75(60)59-29-18-37-69-77(59)89-72-38-16-15-35-66(72)81(69)62-31-11-7-24-54(62)55-25-8-12-32-63(55)81)52-39-42-67-73(47-52)90-76-58(70-43-41-53(48-84-70)80-88-87-79(91-80)50-22-5-2-6-23-50)28-17-36-68(76)82(67)64-33-13-9-26-56(64)57-27-10-14-34-65(57)82/h1-48H. The molecule has 91 heavy (non-hydrogen) atoms. The molecule has 4 aromatic heterocycles. The van der Waals surface area contributed by atoms with Crippen molar-refractivity contribution < 1.29 is 13.9 Å². The fraction of sp³-hybridized carbons (Fsp3) is 0.0244. The lowest BCUT2D eigenvalue weighted by atomic mass is 9.65. The van der Waals surface area contributed by atoms with Gasteiger partial charge in [0, 0.05) is 67.9 Å². The molecule has 0 saturated heterocycles. The van der Waals surface area contributed by atoms with Crippen LogP contribution in [0.5, 0.6) is 23.0 Å². The van der Waals surface area contributed by atoms with Gasteiger partial charge in [-0.05, 0) is 128 Å². The molecule has 15 aromatic rings. The van der Waals surface area contributed by atoms with E-state index in [4.69, 9.17) is 33.8 Å². The monoisotopic (exact) mass is 1160 g/mol. The van der Waals surface area contributed by atoms with E-state index in [-0.39, 0.29) is 0 Å². The van der Waals surface area contributed by atoms with E-state index in [2.05, 4.69) is 235 Å². The number of nitrogens with zero attached hydrogens (tertiary/aromatic N) is 6. The van der Waals surface area contributed by atoms with Crippen LogP contribution in [0, 0.1) is 0 Å². The number of ether oxygens (including phenoxy) is 2. The number of rotatable bonds is 7. The molecule has 0 fully saturated rings. The highest BCUT2D eigenvalue weighted by atomic mass is 16.5. The van der Waals surface area contributed by atoms with Crippen LogP contribution in [0.1, 0.15) is 44.5 Å². The second-order valence-electron chi connectivity index (χ2n) is 23.6. The third-order valence-electron chi connectivity index (χ3n) is 19.0. The van der Waals surface area contributed by atoms with E-state index < -0.39 is 10.8 Å². The molecule has 0 bridgehead atoms. The Morgan fingerprint density at radius 2 is 0.791 bits per heavy atom. The van der Waals surface area contributed by atoms with E-state index in [0.717, 1.165) is 112 Å². The first-order valence-corrected chi connectivity index (χ1v) is 30.6. The van der Waals surface area contributed by atoms with Gasteiger partial charge in [-0.2, -0.15) is 0 Å². The number of hydrogen-bond donors (Lipinski definition) is 0. The summed E-state index contributed by atoms with van der Waals surface area (Å²) < 4.78 is 20.7. The third-order valence-corrected chi connectivity index (χ3v) is 19.0. The minimum absolute atomic E-state index is 0.392. The molecule has 0 unspecified atom stereocenters. The van der Waals surface area contributed by atoms with Crippen LogP contribution in [0.4, 0.5) is 0 Å². The van der Waals surface area contributed by atoms with E-state index in [1.165, 1.54) is 44.5 Å². The van der Waals surface area contributed by atoms with Crippen LogP contribution in [0.3, 0.4) is 0 Å². The maximum Gasteiger partial charge on any atom is 0.249 e. The number of fused-ring (bicyclic) bond motifs is 19. The molecule has 0 N–H and O–H groups in total. The zero-order valence-corrected chi connectivity index (χ0v) is 48.6. The topological polar surface area (TPSA) is 109 Å². The minimum Gasteiger partial charge on any atom is -0.456 e. The van der Waals surface area contributed by atoms with Crippen molar-refractivity contribution in [2.75, 3.05) is 0 Å². The van der Waals surface area contributed by atoms with Crippen molar-refractivity contribution in [2.45, 2.75) is 10.8 Å². The minimum atomic E-state index is -0.716. The summed E-state index contributed by atoms with van der Waals surface area (Å²) in [6.07, 6.45) is 3.64. The molecule has 9 nitrogen and oxygen atoms in total. The highest BCUT2D eigenvalue weighted by Crippen LogP contribution is 2.65. The molecule has 0 amide bonds. The van der Waals surface area contributed by atoms with Gasteiger partial charge in [-0.15, -0.1) is 10.2 Å². The van der Waals surface area contributed by atoms with E-state index >= 15 is 0 Å². The largest absolute Gasteiger partial charge is 0.456 e. The molecule has 19 rings (SSSR count). The van der Waals surface area contributed by atoms with Crippen molar-refractivity contribution in [2.24, 2.45) is 0 Å². The summed E-state index contributed by atoms with van der Waals surface area (Å²) in [6, 6.07) is 98.0. The molecule has 0 saturated carbocycles. The van der Waals surface area contributed by atoms with Crippen LogP contribution >= 0.6 is 0 Å². The molecule has 9 heteroatoms. The Labute approximate surface area is 523 Å². The van der Waals surface area contributed by atoms with Crippen LogP contribution in [0.2, 0.25) is 0 Å². The van der Waals surface area contributed by atoms with Gasteiger partial charge >= 0.3 is 0 Å². The van der Waals surface area contributed by atoms with Gasteiger partial charge in [0.05, 0.1) is 39.0 Å². The van der Waals surface area contributed by atoms with Gasteiger partial charge in [-0.3, -0.25) is 9.97 Å². The van der Waals surface area contributed by atoms with Crippen LogP contribution in [-0.4, -0.2) is 30.1 Å². The molecule has 2 aliphatic carbocycles. The number of pyridine rings is 2. The molecular formula is C82H48N6O3. The van der Waals surface area contributed by atoms with Gasteiger partial charge in [-0.1, -0.05) is 206 Å². The summed E-state index contributed by atoms with van der Waals surface area (Å²) in [4.78, 5) is 21.3. The lowest BCUT2D eigenvalue weighted by Crippen LogP contribution is -2.32. The van der Waals surface area contributed by atoms with Gasteiger partial charge < -0.3 is 13.9 Å². The smallest absolute Gasteiger partial charge is 0.249 e. The molecule has 0 atom stereocenters. The van der Waals surface area contributed by atoms with Crippen LogP contribution in [0.15, 0.2) is 296 Å². The summed E-state index contributed by atoms with van der Waals surface area (Å²) in [6.45, 7) is 0. The first-order chi connectivity index (χ1) is 45.1. The summed E-state index contributed by atoms with van der Waals surface area (Å²) >= 11 is 0. The molecule has 11 aromatic carbocycles. The van der Waals surface area contributed by atoms with Gasteiger partial charge in [0.2, 0.25) is 11.8 Å². The Hall–Kier alpha value is -12.2. The van der Waals surface area contributed by atoms with E-state index in [1.807, 2.05) is 60.8 Å². The highest BCUT2D eigenvalue weighted by molar-refractivity contribution is 5.99. The van der Waals surface area contributed by atoms with Crippen LogP contribution in [0.25, 0.3) is 112 Å². The lowest BCUT2D eigenvalue weighted by Gasteiger charge is -2.40. The first-order valence-electron chi connectivity index (χ1n) is 30.6. The average molecular weight is 1170 g/mol. The maximum atomic E-state index is 7.39. The summed E-state index contributed by atoms with van der Waals surface area (Å²) in [7, 11) is 0. The second kappa shape index (κ2) is 19.7. The van der Waals surface area contributed by atoms with E-state index in [0.29, 0.717) is 23.2 Å². The molecular weight excluding hydrogens is 1120 g/mol. The Morgan fingerprint density at radius 3 is 1.44 bits per heavy atom. The predicted molar refractivity (Wildman–Crippen MR) is 356 cm³/mol. The Morgan fingerprint density at radius 1 is 0.297 bits per heavy atom. The summed E-state index contributed by atoms with van der Waals surface area (Å²) in [5.74, 6) is 4.45. The lowest BCUT2D eigenvalue weighted by molar-refractivity contribution is 0.438. The molecule has 0 radical (unpaired) electrons. The number of benzene rings is 11. The van der Waals surface area contributed by atoms with Crippen molar-refractivity contribution in [3.05, 3.63) is 336 Å². The van der Waals surface area contributed by atoms with E-state index in [9.17, 15) is 0 Å². The van der Waals surface area contributed by atoms with Crippen molar-refractivity contribution in [1.29, 1.82) is 0 Å². The molecule has 424 valence electrons. The average Bonchev–Trinajstić information content (AvgIpc) is 1.60. The first kappa shape index (κ1) is 50.9. The number of para-hydroxylation sites is 3. The van der Waals surface area contributed by atoms with Crippen molar-refractivity contribution >= 4 is 10.9 Å². The van der Waals surface area contributed by atoms with Gasteiger partial charge in [0.1, 0.15) is 23.0 Å². The number of aromatic nitrogens is 6. The molecule has 2 spiro atoms. The van der Waals surface area contributed by atoms with Crippen molar-refractivity contribution in [1.82, 2.24) is 30.1 Å². The van der Waals surface area contributed by atoms with E-state index in [1.54, 1.807) is 6.20 Å². The number of hydrogen-bond acceptors (Lipinski definition) is 9. The SMILES string of the molecule is c1ccc(-c2nnc(-c3ccc(-c4cccc5c4Oc4cc(-c6ccc7nc(-c8cccnc8-c8cccc9c8Oc8ccccc8C98c9ccccc9-c9ccccc98)nc(-c8ccccc8)c7c6)ccc4C54c5ccccc5-c5ccccc54)nc3)o2)cc1. The third kappa shape index (κ3) is 7.34. The highest BCUT2D eigenvalue weighted by Gasteiger charge is 2.53. The maximum absolute atomic E-state index is 7.39. The predicted octanol–water partition coefficient (Wildman–Crippen LogP) is 19.4.